The Labute approximate surface area is 170 Å². The van der Waals surface area contributed by atoms with Gasteiger partial charge >= 0.3 is 0 Å². The van der Waals surface area contributed by atoms with Gasteiger partial charge in [-0.05, 0) is 61.7 Å². The Hall–Kier alpha value is -2.97. The lowest BCUT2D eigenvalue weighted by Gasteiger charge is -2.15. The third-order valence-electron chi connectivity index (χ3n) is 3.90. The molecule has 0 aliphatic carbocycles. The van der Waals surface area contributed by atoms with Crippen molar-refractivity contribution in [3.05, 3.63) is 58.1 Å². The van der Waals surface area contributed by atoms with E-state index in [1.165, 1.54) is 18.7 Å². The number of carbonyl (C=O) groups is 1. The highest BCUT2D eigenvalue weighted by Crippen LogP contribution is 2.37. The van der Waals surface area contributed by atoms with Crippen LogP contribution in [0, 0.1) is 11.3 Å². The van der Waals surface area contributed by atoms with Gasteiger partial charge in [0.05, 0.1) is 18.2 Å². The minimum atomic E-state index is -0.496. The molecule has 0 heterocycles. The maximum Gasteiger partial charge on any atom is 0.266 e. The zero-order valence-corrected chi connectivity index (χ0v) is 17.1. The lowest BCUT2D eigenvalue weighted by atomic mass is 10.1. The van der Waals surface area contributed by atoms with Gasteiger partial charge in [0, 0.05) is 5.69 Å². The maximum atomic E-state index is 12.5. The first-order valence-corrected chi connectivity index (χ1v) is 9.32. The zero-order valence-electron chi connectivity index (χ0n) is 16.4. The summed E-state index contributed by atoms with van der Waals surface area (Å²) in [4.78, 5) is 12.5. The Bertz CT molecular complexity index is 913. The highest BCUT2D eigenvalue weighted by Gasteiger charge is 2.15. The van der Waals surface area contributed by atoms with Crippen LogP contribution in [0.1, 0.15) is 31.9 Å². The minimum absolute atomic E-state index is 0.0461. The van der Waals surface area contributed by atoms with Crippen molar-refractivity contribution in [3.8, 4) is 17.6 Å². The van der Waals surface area contributed by atoms with E-state index in [1.807, 2.05) is 44.2 Å². The predicted molar refractivity (Wildman–Crippen MR) is 112 cm³/mol. The summed E-state index contributed by atoms with van der Waals surface area (Å²) in [6.07, 6.45) is 2.30. The number of ether oxygens (including phenoxy) is 2. The van der Waals surface area contributed by atoms with Crippen LogP contribution in [-0.4, -0.2) is 19.1 Å². The molecule has 0 radical (unpaired) electrons. The number of hydrogen-bond acceptors (Lipinski definition) is 4. The van der Waals surface area contributed by atoms with Crippen LogP contribution in [-0.2, 0) is 11.2 Å². The molecule has 0 aliphatic rings. The first kappa shape index (κ1) is 21.3. The second-order valence-corrected chi connectivity index (χ2v) is 6.78. The maximum absolute atomic E-state index is 12.5. The highest BCUT2D eigenvalue weighted by molar-refractivity contribution is 6.32. The summed E-state index contributed by atoms with van der Waals surface area (Å²) in [6.45, 7) is 5.82. The van der Waals surface area contributed by atoms with Crippen molar-refractivity contribution in [2.45, 2.75) is 33.3 Å². The largest absolute Gasteiger partial charge is 0.493 e. The molecule has 1 N–H and O–H groups in total. The molecule has 2 aromatic rings. The predicted octanol–water partition coefficient (Wildman–Crippen LogP) is 5.24. The monoisotopic (exact) mass is 398 g/mol. The van der Waals surface area contributed by atoms with Crippen LogP contribution in [0.5, 0.6) is 11.5 Å². The van der Waals surface area contributed by atoms with Crippen molar-refractivity contribution in [2.24, 2.45) is 0 Å². The van der Waals surface area contributed by atoms with Gasteiger partial charge in [0.1, 0.15) is 11.6 Å². The average molecular weight is 399 g/mol. The fourth-order valence-electron chi connectivity index (χ4n) is 2.51. The van der Waals surface area contributed by atoms with Crippen LogP contribution in [0.2, 0.25) is 5.02 Å². The van der Waals surface area contributed by atoms with Gasteiger partial charge in [0.25, 0.3) is 5.91 Å². The Morgan fingerprint density at radius 2 is 1.96 bits per heavy atom. The van der Waals surface area contributed by atoms with Crippen LogP contribution in [0.25, 0.3) is 6.08 Å². The molecule has 0 atom stereocenters. The number of carbonyl (C=O) groups excluding carboxylic acids is 1. The van der Waals surface area contributed by atoms with Crippen LogP contribution in [0.15, 0.2) is 42.0 Å². The molecule has 0 bridgehead atoms. The second-order valence-electron chi connectivity index (χ2n) is 6.38. The second kappa shape index (κ2) is 9.82. The molecule has 0 unspecified atom stereocenters. The van der Waals surface area contributed by atoms with Crippen molar-refractivity contribution in [3.63, 3.8) is 0 Å². The average Bonchev–Trinajstić information content (AvgIpc) is 2.68. The number of anilines is 1. The van der Waals surface area contributed by atoms with Crippen LogP contribution < -0.4 is 14.8 Å². The van der Waals surface area contributed by atoms with Crippen LogP contribution in [0.3, 0.4) is 0 Å². The lowest BCUT2D eigenvalue weighted by Crippen LogP contribution is -2.13. The molecule has 2 rings (SSSR count). The van der Waals surface area contributed by atoms with E-state index in [1.54, 1.807) is 12.1 Å². The summed E-state index contributed by atoms with van der Waals surface area (Å²) in [5.41, 5.74) is 2.31. The molecule has 0 spiro atoms. The number of halogens is 1. The van der Waals surface area contributed by atoms with Gasteiger partial charge in [-0.1, -0.05) is 30.7 Å². The van der Waals surface area contributed by atoms with E-state index in [4.69, 9.17) is 21.1 Å². The molecule has 0 aliphatic heterocycles. The van der Waals surface area contributed by atoms with Gasteiger partial charge in [-0.15, -0.1) is 0 Å². The fourth-order valence-corrected chi connectivity index (χ4v) is 2.77. The SMILES string of the molecule is CCc1ccc(NC(=O)/C(C#N)=C/c2cc(Cl)c(OC(C)C)c(OC)c2)cc1. The van der Waals surface area contributed by atoms with Crippen molar-refractivity contribution in [1.82, 2.24) is 0 Å². The topological polar surface area (TPSA) is 71.4 Å². The van der Waals surface area contributed by atoms with E-state index in [0.717, 1.165) is 6.42 Å². The molecule has 0 fully saturated rings. The van der Waals surface area contributed by atoms with E-state index >= 15 is 0 Å². The number of methoxy groups -OCH3 is 1. The minimum Gasteiger partial charge on any atom is -0.493 e. The van der Waals surface area contributed by atoms with Crippen LogP contribution >= 0.6 is 11.6 Å². The molecule has 28 heavy (non-hydrogen) atoms. The van der Waals surface area contributed by atoms with Gasteiger partial charge in [-0.3, -0.25) is 4.79 Å². The summed E-state index contributed by atoms with van der Waals surface area (Å²) in [5.74, 6) is 0.361. The summed E-state index contributed by atoms with van der Waals surface area (Å²) in [5, 5.41) is 12.5. The number of rotatable bonds is 7. The number of nitrogens with zero attached hydrogens (tertiary/aromatic N) is 1. The third-order valence-corrected chi connectivity index (χ3v) is 4.18. The van der Waals surface area contributed by atoms with E-state index in [-0.39, 0.29) is 11.7 Å². The summed E-state index contributed by atoms with van der Waals surface area (Å²) < 4.78 is 11.0. The third kappa shape index (κ3) is 5.51. The smallest absolute Gasteiger partial charge is 0.266 e. The van der Waals surface area contributed by atoms with E-state index in [0.29, 0.717) is 27.8 Å². The molecule has 0 aromatic heterocycles. The Morgan fingerprint density at radius 3 is 2.50 bits per heavy atom. The van der Waals surface area contributed by atoms with Crippen molar-refractivity contribution in [1.29, 1.82) is 5.26 Å². The molecule has 0 saturated heterocycles. The zero-order chi connectivity index (χ0) is 20.7. The first-order chi connectivity index (χ1) is 13.4. The molecule has 5 nitrogen and oxygen atoms in total. The summed E-state index contributed by atoms with van der Waals surface area (Å²) >= 11 is 6.30. The first-order valence-electron chi connectivity index (χ1n) is 8.94. The van der Waals surface area contributed by atoms with Crippen molar-refractivity contribution < 1.29 is 14.3 Å². The van der Waals surface area contributed by atoms with Gasteiger partial charge in [0.15, 0.2) is 11.5 Å². The highest BCUT2D eigenvalue weighted by atomic mass is 35.5. The number of aryl methyl sites for hydroxylation is 1. The van der Waals surface area contributed by atoms with Crippen molar-refractivity contribution in [2.75, 3.05) is 12.4 Å². The van der Waals surface area contributed by atoms with E-state index < -0.39 is 5.91 Å². The number of nitriles is 1. The number of nitrogens with one attached hydrogen (secondary N) is 1. The van der Waals surface area contributed by atoms with E-state index in [2.05, 4.69) is 12.2 Å². The quantitative estimate of drug-likeness (QED) is 0.511. The molecule has 6 heteroatoms. The molecular formula is C22H23ClN2O3. The lowest BCUT2D eigenvalue weighted by molar-refractivity contribution is -0.112. The van der Waals surface area contributed by atoms with Crippen molar-refractivity contribution >= 4 is 29.3 Å². The molecule has 2 aromatic carbocycles. The fraction of sp³-hybridized carbons (Fsp3) is 0.273. The standard InChI is InChI=1S/C22H23ClN2O3/c1-5-15-6-8-18(9-7-15)25-22(26)17(13-24)10-16-11-19(23)21(28-14(2)3)20(12-16)27-4/h6-12,14H,5H2,1-4H3,(H,25,26)/b17-10+. The van der Waals surface area contributed by atoms with E-state index in [9.17, 15) is 10.1 Å². The number of hydrogen-bond donors (Lipinski definition) is 1. The summed E-state index contributed by atoms with van der Waals surface area (Å²) in [6, 6.07) is 12.7. The van der Waals surface area contributed by atoms with Gasteiger partial charge < -0.3 is 14.8 Å². The molecular weight excluding hydrogens is 376 g/mol. The molecule has 1 amide bonds. The molecule has 146 valence electrons. The Balaban J connectivity index is 2.28. The van der Waals surface area contributed by atoms with Gasteiger partial charge in [-0.2, -0.15) is 5.26 Å². The number of benzene rings is 2. The van der Waals surface area contributed by atoms with Crippen LogP contribution in [0.4, 0.5) is 5.69 Å². The molecule has 0 saturated carbocycles. The normalized spacial score (nSPS) is 11.1. The Kier molecular flexibility index (Phi) is 7.48. The van der Waals surface area contributed by atoms with Gasteiger partial charge in [-0.25, -0.2) is 0 Å². The number of amides is 1. The summed E-state index contributed by atoms with van der Waals surface area (Å²) in [7, 11) is 1.50. The van der Waals surface area contributed by atoms with Gasteiger partial charge in [0.2, 0.25) is 0 Å². The Morgan fingerprint density at radius 1 is 1.29 bits per heavy atom.